The molecule has 0 spiro atoms. The van der Waals surface area contributed by atoms with Crippen LogP contribution in [-0.4, -0.2) is 35.4 Å². The van der Waals surface area contributed by atoms with Gasteiger partial charge in [-0.25, -0.2) is 0 Å². The maximum atomic E-state index is 14.4. The van der Waals surface area contributed by atoms with Crippen molar-refractivity contribution in [2.24, 2.45) is 44.9 Å². The molecule has 370 valence electrons. The molecule has 1 amide bonds. The van der Waals surface area contributed by atoms with Gasteiger partial charge < -0.3 is 4.90 Å². The van der Waals surface area contributed by atoms with Crippen LogP contribution in [0.15, 0.2) is 96.2 Å². The first-order valence-electron chi connectivity index (χ1n) is 26.8. The summed E-state index contributed by atoms with van der Waals surface area (Å²) in [6.07, 6.45) is 23.2. The summed E-state index contributed by atoms with van der Waals surface area (Å²) < 4.78 is 0. The molecule has 1 aliphatic carbocycles. The van der Waals surface area contributed by atoms with E-state index in [0.717, 1.165) is 61.8 Å². The maximum absolute atomic E-state index is 14.4. The lowest BCUT2D eigenvalue weighted by Crippen LogP contribution is -2.60. The minimum Gasteiger partial charge on any atom is -0.332 e. The number of amides is 1. The van der Waals surface area contributed by atoms with Crippen LogP contribution < -0.4 is 0 Å². The lowest BCUT2D eigenvalue weighted by atomic mass is 9.39. The number of unbranched alkanes of at least 4 members (excludes halogenated alkanes) is 6. The number of benzene rings is 3. The molecular formula is C65H88N2O2. The normalized spacial score (nSPS) is 21.4. The van der Waals surface area contributed by atoms with Crippen molar-refractivity contribution in [3.63, 3.8) is 0 Å². The number of ketones is 1. The van der Waals surface area contributed by atoms with Crippen LogP contribution in [0.3, 0.4) is 0 Å². The van der Waals surface area contributed by atoms with Crippen molar-refractivity contribution in [1.29, 1.82) is 0 Å². The Morgan fingerprint density at radius 1 is 0.841 bits per heavy atom. The topological polar surface area (TPSA) is 49.7 Å². The molecule has 4 nitrogen and oxygen atoms in total. The number of allylic oxidation sites excluding steroid dienone is 4. The van der Waals surface area contributed by atoms with Crippen LogP contribution in [0.1, 0.15) is 198 Å². The van der Waals surface area contributed by atoms with Crippen molar-refractivity contribution in [3.8, 4) is 12.3 Å². The van der Waals surface area contributed by atoms with Gasteiger partial charge in [0, 0.05) is 42.8 Å². The van der Waals surface area contributed by atoms with Gasteiger partial charge in [0.1, 0.15) is 0 Å². The number of terminal acetylenes is 1. The van der Waals surface area contributed by atoms with E-state index < -0.39 is 0 Å². The van der Waals surface area contributed by atoms with Crippen LogP contribution >= 0.6 is 0 Å². The predicted molar refractivity (Wildman–Crippen MR) is 294 cm³/mol. The Bertz CT molecular complexity index is 2380. The van der Waals surface area contributed by atoms with Gasteiger partial charge >= 0.3 is 0 Å². The highest BCUT2D eigenvalue weighted by Gasteiger charge is 2.60. The number of nitrogens with zero attached hydrogens (tertiary/aromatic N) is 2. The monoisotopic (exact) mass is 929 g/mol. The molecule has 0 unspecified atom stereocenters. The molecule has 4 atom stereocenters. The average molecular weight is 929 g/mol. The SMILES string of the molecule is C#Cc1ccc(CC2C(C)(C)C(CC(=C)c3ccc(CCCCCCCCCC(=C)C[C@H](C(=O)N4C[C@H](C)C[C@H]4C(=O)C[C@@H](C)c4ccc(C5=C(C)N=CC5)cc4)C(C)(C)C)cc3)C2(C)C)cc1C. The third-order valence-corrected chi connectivity index (χ3v) is 17.1. The van der Waals surface area contributed by atoms with Gasteiger partial charge in [0.25, 0.3) is 0 Å². The van der Waals surface area contributed by atoms with Gasteiger partial charge in [0.15, 0.2) is 5.78 Å². The van der Waals surface area contributed by atoms with E-state index in [4.69, 9.17) is 6.42 Å². The second-order valence-corrected chi connectivity index (χ2v) is 24.2. The fourth-order valence-corrected chi connectivity index (χ4v) is 12.8. The zero-order valence-corrected chi connectivity index (χ0v) is 44.9. The molecule has 0 N–H and O–H groups in total. The van der Waals surface area contributed by atoms with Crippen molar-refractivity contribution in [2.75, 3.05) is 6.54 Å². The summed E-state index contributed by atoms with van der Waals surface area (Å²) in [7, 11) is 0. The Labute approximate surface area is 420 Å². The van der Waals surface area contributed by atoms with E-state index in [-0.39, 0.29) is 45.8 Å². The Balaban J connectivity index is 0.869. The number of hydrogen-bond acceptors (Lipinski definition) is 3. The van der Waals surface area contributed by atoms with Gasteiger partial charge in [0.05, 0.1) is 6.04 Å². The van der Waals surface area contributed by atoms with Crippen LogP contribution in [0, 0.1) is 59.2 Å². The van der Waals surface area contributed by atoms with E-state index in [1.165, 1.54) is 83.1 Å². The van der Waals surface area contributed by atoms with Crippen LogP contribution in [0.2, 0.25) is 0 Å². The van der Waals surface area contributed by atoms with Gasteiger partial charge in [-0.1, -0.05) is 180 Å². The van der Waals surface area contributed by atoms with Crippen LogP contribution in [-0.2, 0) is 22.4 Å². The number of hydrogen-bond donors (Lipinski definition) is 0. The average Bonchev–Trinajstić information content (AvgIpc) is 3.93. The first-order valence-corrected chi connectivity index (χ1v) is 26.8. The molecule has 1 saturated carbocycles. The highest BCUT2D eigenvalue weighted by Crippen LogP contribution is 2.66. The fraction of sp³-hybridized carbons (Fsp3) is 0.554. The molecule has 2 heterocycles. The lowest BCUT2D eigenvalue weighted by molar-refractivity contribution is -0.158. The van der Waals surface area contributed by atoms with E-state index in [0.29, 0.717) is 37.1 Å². The second-order valence-electron chi connectivity index (χ2n) is 24.2. The lowest BCUT2D eigenvalue weighted by Gasteiger charge is -2.65. The Kier molecular flexibility index (Phi) is 17.9. The molecule has 3 aromatic carbocycles. The van der Waals surface area contributed by atoms with Crippen LogP contribution in [0.4, 0.5) is 0 Å². The molecule has 3 aromatic rings. The highest BCUT2D eigenvalue weighted by atomic mass is 16.2. The molecule has 2 aliphatic heterocycles. The molecule has 4 heteroatoms. The molecule has 3 aliphatic rings. The number of carbonyl (C=O) groups is 2. The zero-order chi connectivity index (χ0) is 50.3. The highest BCUT2D eigenvalue weighted by molar-refractivity contribution is 5.91. The largest absolute Gasteiger partial charge is 0.332 e. The van der Waals surface area contributed by atoms with Crippen molar-refractivity contribution in [1.82, 2.24) is 4.90 Å². The Morgan fingerprint density at radius 2 is 1.46 bits per heavy atom. The number of aliphatic imine (C=N–C) groups is 1. The fourth-order valence-electron chi connectivity index (χ4n) is 12.8. The van der Waals surface area contributed by atoms with Gasteiger partial charge in [0.2, 0.25) is 5.91 Å². The molecule has 69 heavy (non-hydrogen) atoms. The van der Waals surface area contributed by atoms with Gasteiger partial charge in [-0.3, -0.25) is 14.6 Å². The van der Waals surface area contributed by atoms with Gasteiger partial charge in [-0.05, 0) is 156 Å². The first-order chi connectivity index (χ1) is 32.6. The maximum Gasteiger partial charge on any atom is 0.227 e. The number of carbonyl (C=O) groups excluding carboxylic acids is 2. The van der Waals surface area contributed by atoms with Gasteiger partial charge in [-0.2, -0.15) is 0 Å². The summed E-state index contributed by atoms with van der Waals surface area (Å²) in [4.78, 5) is 34.8. The summed E-state index contributed by atoms with van der Waals surface area (Å²) in [6, 6.07) is 24.2. The zero-order valence-electron chi connectivity index (χ0n) is 44.9. The van der Waals surface area contributed by atoms with Gasteiger partial charge in [-0.15, -0.1) is 6.42 Å². The summed E-state index contributed by atoms with van der Waals surface area (Å²) in [6.45, 7) is 34.6. The van der Waals surface area contributed by atoms with Crippen LogP contribution in [0.25, 0.3) is 11.1 Å². The number of Topliss-reactive ketones (excluding diaryl/α,β-unsaturated/α-hetero) is 1. The molecule has 0 aromatic heterocycles. The second kappa shape index (κ2) is 23.0. The quantitative estimate of drug-likeness (QED) is 0.0540. The standard InChI is InChI=1S/C65H88N2O2/c1-15-52-28-27-51(39-46(52)4)42-61-64(11,12)60(65(61,13)14)41-48(6)53-29-25-50(26-30-53)24-22-20-18-16-17-19-21-23-44(2)37-57(63(8,9)10)62(69)67-43-45(3)38-58(67)59(68)40-47(5)54-31-33-55(34-32-54)56-35-36-66-49(56)7/h1,25-34,36,39,45,47,57-58,60-61H,2,6,16-24,35,37-38,40-43H2,3-5,7-14H3/t45-,47-,57-,58+,60?,61?/m1/s1. The van der Waals surface area contributed by atoms with E-state index in [2.05, 4.69) is 167 Å². The first kappa shape index (κ1) is 53.6. The summed E-state index contributed by atoms with van der Waals surface area (Å²) in [5.74, 6) is 4.51. The smallest absolute Gasteiger partial charge is 0.227 e. The van der Waals surface area contributed by atoms with Crippen molar-refractivity contribution in [3.05, 3.63) is 130 Å². The number of rotatable bonds is 23. The number of likely N-dealkylation sites (tertiary alicyclic amines) is 1. The molecule has 2 fully saturated rings. The van der Waals surface area contributed by atoms with Crippen molar-refractivity contribution >= 4 is 29.1 Å². The minimum atomic E-state index is -0.348. The summed E-state index contributed by atoms with van der Waals surface area (Å²) in [5, 5.41) is 0. The van der Waals surface area contributed by atoms with E-state index in [1.54, 1.807) is 0 Å². The number of aryl methyl sites for hydroxylation is 2. The van der Waals surface area contributed by atoms with Crippen LogP contribution in [0.5, 0.6) is 0 Å². The van der Waals surface area contributed by atoms with E-state index in [1.807, 2.05) is 11.1 Å². The third-order valence-electron chi connectivity index (χ3n) is 17.1. The molecule has 0 radical (unpaired) electrons. The molecular weight excluding hydrogens is 841 g/mol. The van der Waals surface area contributed by atoms with E-state index in [9.17, 15) is 9.59 Å². The minimum absolute atomic E-state index is 0.0849. The molecule has 6 rings (SSSR count). The Hall–Kier alpha value is -4.75. The molecule has 0 bridgehead atoms. The molecule has 1 saturated heterocycles. The predicted octanol–water partition coefficient (Wildman–Crippen LogP) is 16.4. The van der Waals surface area contributed by atoms with Crippen molar-refractivity contribution < 1.29 is 9.59 Å². The summed E-state index contributed by atoms with van der Waals surface area (Å²) in [5.41, 5.74) is 13.7. The summed E-state index contributed by atoms with van der Waals surface area (Å²) >= 11 is 0. The van der Waals surface area contributed by atoms with E-state index >= 15 is 0 Å². The Morgan fingerprint density at radius 3 is 2.06 bits per heavy atom. The van der Waals surface area contributed by atoms with Crippen molar-refractivity contribution in [2.45, 2.75) is 184 Å². The third kappa shape index (κ3) is 13.2.